The molecule has 8 nitrogen and oxygen atoms in total. The first kappa shape index (κ1) is 21.6. The molecule has 1 amide bonds. The van der Waals surface area contributed by atoms with Gasteiger partial charge in [-0.2, -0.15) is 5.10 Å². The molecule has 0 saturated carbocycles. The zero-order chi connectivity index (χ0) is 22.8. The van der Waals surface area contributed by atoms with Crippen LogP contribution in [-0.4, -0.2) is 41.0 Å². The van der Waals surface area contributed by atoms with Crippen molar-refractivity contribution in [1.82, 2.24) is 26.1 Å². The van der Waals surface area contributed by atoms with Crippen LogP contribution in [0.4, 0.5) is 0 Å². The number of nitrogens with one attached hydrogen (secondary N) is 3. The number of hydrazine groups is 1. The Labute approximate surface area is 198 Å². The van der Waals surface area contributed by atoms with Crippen molar-refractivity contribution in [2.24, 2.45) is 5.10 Å². The van der Waals surface area contributed by atoms with Crippen LogP contribution in [0, 0.1) is 0 Å². The summed E-state index contributed by atoms with van der Waals surface area (Å²) in [6, 6.07) is 16.1. The van der Waals surface area contributed by atoms with Crippen molar-refractivity contribution in [3.05, 3.63) is 77.1 Å². The maximum atomic E-state index is 12.4. The second-order valence-corrected chi connectivity index (χ2v) is 8.75. The van der Waals surface area contributed by atoms with Crippen LogP contribution in [0.2, 0.25) is 5.02 Å². The van der Waals surface area contributed by atoms with Gasteiger partial charge in [-0.05, 0) is 35.7 Å². The topological polar surface area (TPSA) is 81.2 Å². The highest BCUT2D eigenvalue weighted by atomic mass is 35.5. The smallest absolute Gasteiger partial charge is 0.220 e. The van der Waals surface area contributed by atoms with E-state index >= 15 is 0 Å². The second-order valence-electron chi connectivity index (χ2n) is 8.34. The quantitative estimate of drug-likeness (QED) is 0.582. The highest BCUT2D eigenvalue weighted by molar-refractivity contribution is 6.31. The van der Waals surface area contributed by atoms with Gasteiger partial charge in [-0.25, -0.2) is 5.43 Å². The number of fused-ring (bicyclic) bond motifs is 3. The van der Waals surface area contributed by atoms with Gasteiger partial charge in [-0.15, -0.1) is 0 Å². The maximum absolute atomic E-state index is 12.4. The van der Waals surface area contributed by atoms with Gasteiger partial charge in [-0.3, -0.25) is 10.2 Å². The number of benzene rings is 2. The molecule has 3 aliphatic rings. The molecule has 3 N–H and O–H groups in total. The van der Waals surface area contributed by atoms with Crippen molar-refractivity contribution in [1.29, 1.82) is 0 Å². The van der Waals surface area contributed by atoms with E-state index in [2.05, 4.69) is 43.3 Å². The summed E-state index contributed by atoms with van der Waals surface area (Å²) in [4.78, 5) is 14.5. The SMILES string of the molecule is COc1ccc(C2CC3C4NN=C(CCC(=O)NCc5ccccc5Cl)N4C=CN3N2)cc1. The molecule has 0 spiro atoms. The molecule has 172 valence electrons. The van der Waals surface area contributed by atoms with Crippen LogP contribution in [0.25, 0.3) is 0 Å². The minimum atomic E-state index is -0.0224. The number of carbonyl (C=O) groups is 1. The van der Waals surface area contributed by atoms with Gasteiger partial charge >= 0.3 is 0 Å². The van der Waals surface area contributed by atoms with Crippen molar-refractivity contribution >= 4 is 23.3 Å². The van der Waals surface area contributed by atoms with Crippen LogP contribution in [0.3, 0.4) is 0 Å². The fourth-order valence-electron chi connectivity index (χ4n) is 4.51. The van der Waals surface area contributed by atoms with Crippen molar-refractivity contribution in [3.8, 4) is 5.75 Å². The molecular formula is C24H27ClN6O2. The van der Waals surface area contributed by atoms with E-state index in [4.69, 9.17) is 16.3 Å². The molecule has 0 bridgehead atoms. The lowest BCUT2D eigenvalue weighted by atomic mass is 9.99. The van der Waals surface area contributed by atoms with Crippen molar-refractivity contribution in [3.63, 3.8) is 0 Å². The average molecular weight is 467 g/mol. The summed E-state index contributed by atoms with van der Waals surface area (Å²) in [5.41, 5.74) is 8.98. The molecule has 0 aliphatic carbocycles. The number of amides is 1. The molecule has 1 saturated heterocycles. The van der Waals surface area contributed by atoms with Crippen molar-refractivity contribution in [2.75, 3.05) is 7.11 Å². The van der Waals surface area contributed by atoms with E-state index in [-0.39, 0.29) is 24.2 Å². The minimum absolute atomic E-state index is 0.0224. The summed E-state index contributed by atoms with van der Waals surface area (Å²) >= 11 is 6.16. The number of rotatable bonds is 7. The highest BCUT2D eigenvalue weighted by Gasteiger charge is 2.44. The molecule has 3 unspecified atom stereocenters. The summed E-state index contributed by atoms with van der Waals surface area (Å²) in [7, 11) is 1.67. The maximum Gasteiger partial charge on any atom is 0.220 e. The average Bonchev–Trinajstić information content (AvgIpc) is 3.46. The number of hydrogen-bond acceptors (Lipinski definition) is 7. The standard InChI is InChI=1S/C24H27ClN6O2/c1-33-18-8-6-16(7-9-18)20-14-21-24-28-27-22(30(24)12-13-31(21)29-20)10-11-23(32)26-15-17-4-2-3-5-19(17)25/h2-9,12-13,20-21,24,28-29H,10-11,14-15H2,1H3,(H,26,32). The first-order valence-electron chi connectivity index (χ1n) is 11.1. The lowest BCUT2D eigenvalue weighted by molar-refractivity contribution is -0.121. The number of halogens is 1. The Morgan fingerprint density at radius 3 is 2.82 bits per heavy atom. The number of hydrazone groups is 1. The molecule has 3 heterocycles. The largest absolute Gasteiger partial charge is 0.497 e. The van der Waals surface area contributed by atoms with Gasteiger partial charge in [-0.1, -0.05) is 41.9 Å². The molecule has 0 aromatic heterocycles. The Morgan fingerprint density at radius 2 is 2.03 bits per heavy atom. The summed E-state index contributed by atoms with van der Waals surface area (Å²) in [6.45, 7) is 0.422. The third kappa shape index (κ3) is 4.49. The van der Waals surface area contributed by atoms with E-state index in [0.29, 0.717) is 24.4 Å². The molecular weight excluding hydrogens is 440 g/mol. The Bertz CT molecular complexity index is 1070. The van der Waals surface area contributed by atoms with E-state index in [9.17, 15) is 4.79 Å². The highest BCUT2D eigenvalue weighted by Crippen LogP contribution is 2.34. The third-order valence-electron chi connectivity index (χ3n) is 6.34. The number of carbonyl (C=O) groups excluding carboxylic acids is 1. The first-order chi connectivity index (χ1) is 16.1. The van der Waals surface area contributed by atoms with Gasteiger partial charge < -0.3 is 20.0 Å². The lowest BCUT2D eigenvalue weighted by Gasteiger charge is -2.37. The van der Waals surface area contributed by atoms with E-state index in [1.807, 2.05) is 48.8 Å². The molecule has 33 heavy (non-hydrogen) atoms. The van der Waals surface area contributed by atoms with Crippen LogP contribution in [0.15, 0.2) is 66.0 Å². The number of amidine groups is 1. The fraction of sp³-hybridized carbons (Fsp3) is 0.333. The van der Waals surface area contributed by atoms with Gasteiger partial charge in [0.05, 0.1) is 19.2 Å². The Morgan fingerprint density at radius 1 is 1.21 bits per heavy atom. The number of ether oxygens (including phenoxy) is 1. The zero-order valence-corrected chi connectivity index (χ0v) is 19.1. The van der Waals surface area contributed by atoms with Crippen LogP contribution < -0.4 is 20.9 Å². The van der Waals surface area contributed by atoms with Gasteiger partial charge in [0, 0.05) is 36.8 Å². The monoisotopic (exact) mass is 466 g/mol. The Kier molecular flexibility index (Phi) is 6.11. The summed E-state index contributed by atoms with van der Waals surface area (Å²) in [5.74, 6) is 1.70. The van der Waals surface area contributed by atoms with Crippen molar-refractivity contribution < 1.29 is 9.53 Å². The molecule has 1 fully saturated rings. The van der Waals surface area contributed by atoms with Gasteiger partial charge in [0.1, 0.15) is 17.8 Å². The van der Waals surface area contributed by atoms with Crippen LogP contribution >= 0.6 is 11.6 Å². The zero-order valence-electron chi connectivity index (χ0n) is 18.4. The minimum Gasteiger partial charge on any atom is -0.497 e. The van der Waals surface area contributed by atoms with Crippen LogP contribution in [0.1, 0.15) is 36.4 Å². The fourth-order valence-corrected chi connectivity index (χ4v) is 4.72. The second kappa shape index (κ2) is 9.33. The molecule has 9 heteroatoms. The predicted octanol–water partition coefficient (Wildman–Crippen LogP) is 3.09. The van der Waals surface area contributed by atoms with Crippen LogP contribution in [0.5, 0.6) is 5.75 Å². The van der Waals surface area contributed by atoms with E-state index < -0.39 is 0 Å². The number of nitrogens with zero attached hydrogens (tertiary/aromatic N) is 3. The summed E-state index contributed by atoms with van der Waals surface area (Å²) in [5, 5.41) is 10.3. The van der Waals surface area contributed by atoms with Gasteiger partial charge in [0.25, 0.3) is 0 Å². The summed E-state index contributed by atoms with van der Waals surface area (Å²) in [6.07, 6.45) is 5.96. The van der Waals surface area contributed by atoms with Gasteiger partial charge in [0.2, 0.25) is 5.91 Å². The first-order valence-corrected chi connectivity index (χ1v) is 11.5. The number of hydrogen-bond donors (Lipinski definition) is 3. The predicted molar refractivity (Wildman–Crippen MR) is 127 cm³/mol. The molecule has 3 atom stereocenters. The number of methoxy groups -OCH3 is 1. The van der Waals surface area contributed by atoms with Crippen molar-refractivity contribution in [2.45, 2.75) is 44.1 Å². The van der Waals surface area contributed by atoms with E-state index in [0.717, 1.165) is 23.6 Å². The van der Waals surface area contributed by atoms with E-state index in [1.165, 1.54) is 5.56 Å². The molecule has 3 aliphatic heterocycles. The third-order valence-corrected chi connectivity index (χ3v) is 6.71. The van der Waals surface area contributed by atoms with E-state index in [1.54, 1.807) is 7.11 Å². The molecule has 2 aromatic carbocycles. The molecule has 0 radical (unpaired) electrons. The van der Waals surface area contributed by atoms with Crippen LogP contribution in [-0.2, 0) is 11.3 Å². The molecule has 5 rings (SSSR count). The normalized spacial score (nSPS) is 23.0. The Hall–Kier alpha value is -3.23. The Balaban J connectivity index is 1.14. The van der Waals surface area contributed by atoms with Gasteiger partial charge in [0.15, 0.2) is 0 Å². The lowest BCUT2D eigenvalue weighted by Crippen LogP contribution is -2.54. The molecule has 2 aromatic rings. The summed E-state index contributed by atoms with van der Waals surface area (Å²) < 4.78 is 5.27.